The summed E-state index contributed by atoms with van der Waals surface area (Å²) >= 11 is 3.07. The van der Waals surface area contributed by atoms with Gasteiger partial charge in [0.05, 0.1) is 16.4 Å². The molecule has 0 spiro atoms. The minimum Gasteiger partial charge on any atom is -0.336 e. The summed E-state index contributed by atoms with van der Waals surface area (Å²) in [5.41, 5.74) is 0.916. The van der Waals surface area contributed by atoms with Gasteiger partial charge in [-0.25, -0.2) is 4.98 Å². The second kappa shape index (κ2) is 7.70. The quantitative estimate of drug-likeness (QED) is 0.833. The van der Waals surface area contributed by atoms with Crippen molar-refractivity contribution in [2.24, 2.45) is 0 Å². The molecule has 3 heterocycles. The third kappa shape index (κ3) is 3.68. The van der Waals surface area contributed by atoms with Gasteiger partial charge in [-0.1, -0.05) is 0 Å². The summed E-state index contributed by atoms with van der Waals surface area (Å²) in [5.74, 6) is 1.31. The number of nitrogens with one attached hydrogen (secondary N) is 2. The normalized spacial score (nSPS) is 22.0. The number of aromatic nitrogens is 2. The standard InChI is InChI=1S/C18H26N4O2S2/c1-9-12(4)26-17-15(9)16(23)20-14(21-17)8-25-13(5)18(24)22-7-6-19-10(2)11(22)3/h10-11,13,19H,6-8H2,1-5H3,(H,20,21,23). The summed E-state index contributed by atoms with van der Waals surface area (Å²) in [4.78, 5) is 36.5. The van der Waals surface area contributed by atoms with Gasteiger partial charge in [-0.05, 0) is 40.2 Å². The highest BCUT2D eigenvalue weighted by atomic mass is 32.2. The number of aromatic amines is 1. The summed E-state index contributed by atoms with van der Waals surface area (Å²) in [7, 11) is 0. The van der Waals surface area contributed by atoms with Gasteiger partial charge in [-0.2, -0.15) is 0 Å². The number of amides is 1. The van der Waals surface area contributed by atoms with Crippen molar-refractivity contribution >= 4 is 39.2 Å². The van der Waals surface area contributed by atoms with Crippen molar-refractivity contribution in [1.29, 1.82) is 0 Å². The molecule has 1 aliphatic rings. The Kier molecular flexibility index (Phi) is 5.74. The molecule has 2 aromatic rings. The van der Waals surface area contributed by atoms with Crippen molar-refractivity contribution in [2.75, 3.05) is 13.1 Å². The number of carbonyl (C=O) groups is 1. The fourth-order valence-corrected chi connectivity index (χ4v) is 5.12. The van der Waals surface area contributed by atoms with Crippen molar-refractivity contribution < 1.29 is 4.79 Å². The van der Waals surface area contributed by atoms with Crippen LogP contribution in [0.4, 0.5) is 0 Å². The zero-order valence-electron chi connectivity index (χ0n) is 15.9. The average molecular weight is 395 g/mol. The number of carbonyl (C=O) groups excluding carboxylic acids is 1. The number of rotatable bonds is 4. The molecule has 3 atom stereocenters. The van der Waals surface area contributed by atoms with Crippen LogP contribution >= 0.6 is 23.1 Å². The summed E-state index contributed by atoms with van der Waals surface area (Å²) in [6.45, 7) is 11.7. The van der Waals surface area contributed by atoms with Crippen LogP contribution in [0.1, 0.15) is 37.0 Å². The van der Waals surface area contributed by atoms with Gasteiger partial charge in [-0.15, -0.1) is 23.1 Å². The molecule has 1 aliphatic heterocycles. The van der Waals surface area contributed by atoms with Gasteiger partial charge in [0.25, 0.3) is 5.56 Å². The third-order valence-electron chi connectivity index (χ3n) is 5.22. The molecule has 1 amide bonds. The first kappa shape index (κ1) is 19.4. The van der Waals surface area contributed by atoms with E-state index in [-0.39, 0.29) is 22.8 Å². The number of hydrogen-bond acceptors (Lipinski definition) is 6. The number of H-pyrrole nitrogens is 1. The summed E-state index contributed by atoms with van der Waals surface area (Å²) in [6, 6.07) is 0.487. The first-order chi connectivity index (χ1) is 12.3. The fourth-order valence-electron chi connectivity index (χ4n) is 3.24. The summed E-state index contributed by atoms with van der Waals surface area (Å²) < 4.78 is 0. The highest BCUT2D eigenvalue weighted by molar-refractivity contribution is 7.99. The van der Waals surface area contributed by atoms with Gasteiger partial charge < -0.3 is 15.2 Å². The Balaban J connectivity index is 1.69. The van der Waals surface area contributed by atoms with E-state index in [1.165, 1.54) is 11.8 Å². The SMILES string of the molecule is Cc1sc2nc(CSC(C)C(=O)N3CCNC(C)C3C)[nH]c(=O)c2c1C. The lowest BCUT2D eigenvalue weighted by atomic mass is 10.1. The molecule has 26 heavy (non-hydrogen) atoms. The number of fused-ring (bicyclic) bond motifs is 1. The highest BCUT2D eigenvalue weighted by Gasteiger charge is 2.30. The lowest BCUT2D eigenvalue weighted by Gasteiger charge is -2.39. The van der Waals surface area contributed by atoms with Crippen LogP contribution in [0, 0.1) is 13.8 Å². The Bertz CT molecular complexity index is 876. The third-order valence-corrected chi connectivity index (χ3v) is 7.47. The van der Waals surface area contributed by atoms with Crippen LogP contribution in [0.2, 0.25) is 0 Å². The predicted octanol–water partition coefficient (Wildman–Crippen LogP) is 2.43. The van der Waals surface area contributed by atoms with Gasteiger partial charge >= 0.3 is 0 Å². The number of piperazine rings is 1. The van der Waals surface area contributed by atoms with Crippen LogP contribution in [0.25, 0.3) is 10.2 Å². The van der Waals surface area contributed by atoms with Gasteiger partial charge in [0.2, 0.25) is 5.91 Å². The van der Waals surface area contributed by atoms with Crippen molar-refractivity contribution in [2.45, 2.75) is 57.7 Å². The number of aryl methyl sites for hydroxylation is 2. The molecule has 2 N–H and O–H groups in total. The van der Waals surface area contributed by atoms with Crippen molar-refractivity contribution in [3.63, 3.8) is 0 Å². The Morgan fingerprint density at radius 1 is 1.42 bits per heavy atom. The molecule has 6 nitrogen and oxygen atoms in total. The van der Waals surface area contributed by atoms with E-state index in [0.717, 1.165) is 28.4 Å². The van der Waals surface area contributed by atoms with Gasteiger partial charge in [0.1, 0.15) is 10.7 Å². The Morgan fingerprint density at radius 2 is 2.15 bits per heavy atom. The topological polar surface area (TPSA) is 78.1 Å². The van der Waals surface area contributed by atoms with E-state index in [1.807, 2.05) is 25.7 Å². The Labute approximate surface area is 161 Å². The number of hydrogen-bond donors (Lipinski definition) is 2. The smallest absolute Gasteiger partial charge is 0.259 e. The van der Waals surface area contributed by atoms with Crippen LogP contribution in [0.5, 0.6) is 0 Å². The second-order valence-corrected chi connectivity index (χ2v) is 9.48. The molecule has 0 radical (unpaired) electrons. The first-order valence-electron chi connectivity index (χ1n) is 8.94. The highest BCUT2D eigenvalue weighted by Crippen LogP contribution is 2.27. The minimum absolute atomic E-state index is 0.0871. The molecule has 0 aliphatic carbocycles. The molecule has 0 saturated carbocycles. The van der Waals surface area contributed by atoms with Crippen molar-refractivity contribution in [3.8, 4) is 0 Å². The molecule has 2 aromatic heterocycles. The van der Waals surface area contributed by atoms with Crippen molar-refractivity contribution in [3.05, 3.63) is 26.6 Å². The minimum atomic E-state index is -0.171. The molecule has 142 valence electrons. The molecule has 1 fully saturated rings. The van der Waals surface area contributed by atoms with Crippen LogP contribution in [0.15, 0.2) is 4.79 Å². The molecule has 8 heteroatoms. The maximum Gasteiger partial charge on any atom is 0.259 e. The average Bonchev–Trinajstić information content (AvgIpc) is 2.89. The molecular weight excluding hydrogens is 368 g/mol. The van der Waals surface area contributed by atoms with E-state index in [4.69, 9.17) is 0 Å². The Morgan fingerprint density at radius 3 is 2.88 bits per heavy atom. The van der Waals surface area contributed by atoms with Crippen molar-refractivity contribution in [1.82, 2.24) is 20.2 Å². The van der Waals surface area contributed by atoms with Gasteiger partial charge in [0, 0.05) is 30.1 Å². The Hall–Kier alpha value is -1.38. The lowest BCUT2D eigenvalue weighted by molar-refractivity contribution is -0.133. The molecule has 3 rings (SSSR count). The molecular formula is C18H26N4O2S2. The van der Waals surface area contributed by atoms with Crippen LogP contribution in [0.3, 0.4) is 0 Å². The zero-order valence-corrected chi connectivity index (χ0v) is 17.5. The van der Waals surface area contributed by atoms with E-state index in [1.54, 1.807) is 11.3 Å². The van der Waals surface area contributed by atoms with E-state index in [0.29, 0.717) is 23.0 Å². The predicted molar refractivity (Wildman–Crippen MR) is 109 cm³/mol. The van der Waals surface area contributed by atoms with Crippen LogP contribution in [-0.2, 0) is 10.5 Å². The molecule has 3 unspecified atom stereocenters. The molecule has 0 bridgehead atoms. The second-order valence-electron chi connectivity index (χ2n) is 6.94. The maximum atomic E-state index is 12.8. The summed E-state index contributed by atoms with van der Waals surface area (Å²) in [5, 5.41) is 3.91. The number of nitrogens with zero attached hydrogens (tertiary/aromatic N) is 2. The van der Waals surface area contributed by atoms with E-state index in [9.17, 15) is 9.59 Å². The van der Waals surface area contributed by atoms with Crippen LogP contribution < -0.4 is 10.9 Å². The zero-order chi connectivity index (χ0) is 19.0. The van der Waals surface area contributed by atoms with E-state index >= 15 is 0 Å². The molecule has 1 saturated heterocycles. The van der Waals surface area contributed by atoms with E-state index in [2.05, 4.69) is 29.1 Å². The van der Waals surface area contributed by atoms with Crippen LogP contribution in [-0.4, -0.2) is 51.2 Å². The van der Waals surface area contributed by atoms with E-state index < -0.39 is 0 Å². The van der Waals surface area contributed by atoms with Gasteiger partial charge in [-0.3, -0.25) is 9.59 Å². The van der Waals surface area contributed by atoms with Gasteiger partial charge in [0.15, 0.2) is 0 Å². The number of thiophene rings is 1. The fraction of sp³-hybridized carbons (Fsp3) is 0.611. The molecule has 0 aromatic carbocycles. The number of thioether (sulfide) groups is 1. The lowest BCUT2D eigenvalue weighted by Crippen LogP contribution is -2.58. The maximum absolute atomic E-state index is 12.8. The largest absolute Gasteiger partial charge is 0.336 e. The summed E-state index contributed by atoms with van der Waals surface area (Å²) in [6.07, 6.45) is 0. The monoisotopic (exact) mass is 394 g/mol. The first-order valence-corrected chi connectivity index (χ1v) is 10.8.